The number of nitrogens with zero attached hydrogens (tertiary/aromatic N) is 1. The molecule has 1 atom stereocenters. The van der Waals surface area contributed by atoms with Crippen LogP contribution in [-0.4, -0.2) is 35.6 Å². The molecule has 1 N–H and O–H groups in total. The molecule has 1 unspecified atom stereocenters. The largest absolute Gasteiger partial charge is 0.573 e. The number of halogens is 3. The third-order valence-electron chi connectivity index (χ3n) is 3.04. The average molecular weight is 275 g/mol. The van der Waals surface area contributed by atoms with Crippen molar-refractivity contribution in [3.63, 3.8) is 0 Å². The van der Waals surface area contributed by atoms with E-state index in [0.717, 1.165) is 5.56 Å². The average Bonchev–Trinajstić information content (AvgIpc) is 2.77. The first kappa shape index (κ1) is 13.5. The van der Waals surface area contributed by atoms with Crippen molar-refractivity contribution >= 4 is 6.09 Å². The van der Waals surface area contributed by atoms with Crippen LogP contribution in [0.2, 0.25) is 0 Å². The summed E-state index contributed by atoms with van der Waals surface area (Å²) in [5.41, 5.74) is 0.818. The molecule has 19 heavy (non-hydrogen) atoms. The number of alkyl halides is 3. The topological polar surface area (TPSA) is 49.8 Å². The lowest BCUT2D eigenvalue weighted by Gasteiger charge is -2.13. The quantitative estimate of drug-likeness (QED) is 0.902. The monoisotopic (exact) mass is 275 g/mol. The van der Waals surface area contributed by atoms with E-state index in [2.05, 4.69) is 4.74 Å². The number of likely N-dealkylation sites (tertiary alicyclic amines) is 1. The van der Waals surface area contributed by atoms with E-state index in [0.29, 0.717) is 19.5 Å². The molecule has 0 radical (unpaired) electrons. The molecule has 2 rings (SSSR count). The number of hydrogen-bond donors (Lipinski definition) is 1. The van der Waals surface area contributed by atoms with Crippen molar-refractivity contribution in [3.8, 4) is 5.75 Å². The van der Waals surface area contributed by atoms with Gasteiger partial charge in [-0.3, -0.25) is 0 Å². The van der Waals surface area contributed by atoms with Crippen LogP contribution in [0.1, 0.15) is 17.9 Å². The van der Waals surface area contributed by atoms with Gasteiger partial charge >= 0.3 is 12.5 Å². The third kappa shape index (κ3) is 3.52. The van der Waals surface area contributed by atoms with Crippen LogP contribution in [0.5, 0.6) is 5.75 Å². The minimum Gasteiger partial charge on any atom is -0.465 e. The molecule has 1 aliphatic heterocycles. The summed E-state index contributed by atoms with van der Waals surface area (Å²) < 4.78 is 39.7. The first-order valence-corrected chi connectivity index (χ1v) is 5.69. The highest BCUT2D eigenvalue weighted by atomic mass is 19.4. The van der Waals surface area contributed by atoms with Gasteiger partial charge in [0.2, 0.25) is 0 Å². The molecular formula is C12H12F3NO3. The predicted octanol–water partition coefficient (Wildman–Crippen LogP) is 3.05. The summed E-state index contributed by atoms with van der Waals surface area (Å²) in [5, 5.41) is 8.83. The number of benzene rings is 1. The van der Waals surface area contributed by atoms with Gasteiger partial charge in [-0.15, -0.1) is 13.2 Å². The van der Waals surface area contributed by atoms with Crippen molar-refractivity contribution in [2.75, 3.05) is 13.1 Å². The molecule has 1 aliphatic rings. The minimum atomic E-state index is -4.70. The fourth-order valence-electron chi connectivity index (χ4n) is 2.15. The maximum absolute atomic E-state index is 12.0. The predicted molar refractivity (Wildman–Crippen MR) is 60.1 cm³/mol. The van der Waals surface area contributed by atoms with E-state index < -0.39 is 12.5 Å². The highest BCUT2D eigenvalue weighted by molar-refractivity contribution is 5.65. The van der Waals surface area contributed by atoms with Crippen LogP contribution in [0.4, 0.5) is 18.0 Å². The van der Waals surface area contributed by atoms with Gasteiger partial charge in [0.1, 0.15) is 5.75 Å². The number of carboxylic acid groups (broad SMARTS) is 1. The van der Waals surface area contributed by atoms with Gasteiger partial charge in [-0.2, -0.15) is 0 Å². The second-order valence-corrected chi connectivity index (χ2v) is 4.33. The Morgan fingerprint density at radius 1 is 1.32 bits per heavy atom. The van der Waals surface area contributed by atoms with E-state index in [1.165, 1.54) is 29.2 Å². The number of amides is 1. The van der Waals surface area contributed by atoms with Gasteiger partial charge in [-0.25, -0.2) is 4.79 Å². The molecule has 4 nitrogen and oxygen atoms in total. The molecule has 0 aliphatic carbocycles. The van der Waals surface area contributed by atoms with Gasteiger partial charge in [-0.1, -0.05) is 12.1 Å². The van der Waals surface area contributed by atoms with E-state index in [-0.39, 0.29) is 11.7 Å². The molecule has 1 heterocycles. The van der Waals surface area contributed by atoms with Gasteiger partial charge in [0.15, 0.2) is 0 Å². The van der Waals surface area contributed by atoms with Crippen molar-refractivity contribution in [1.29, 1.82) is 0 Å². The summed E-state index contributed by atoms with van der Waals surface area (Å²) in [4.78, 5) is 12.1. The van der Waals surface area contributed by atoms with E-state index in [4.69, 9.17) is 5.11 Å². The minimum absolute atomic E-state index is 0.0241. The molecule has 0 aromatic heterocycles. The molecule has 1 aromatic carbocycles. The number of rotatable bonds is 2. The fraction of sp³-hybridized carbons (Fsp3) is 0.417. The van der Waals surface area contributed by atoms with Crippen molar-refractivity contribution in [1.82, 2.24) is 4.90 Å². The highest BCUT2D eigenvalue weighted by Gasteiger charge is 2.31. The summed E-state index contributed by atoms with van der Waals surface area (Å²) >= 11 is 0. The Morgan fingerprint density at radius 3 is 2.42 bits per heavy atom. The van der Waals surface area contributed by atoms with Crippen LogP contribution in [0.25, 0.3) is 0 Å². The molecule has 1 fully saturated rings. The fourth-order valence-corrected chi connectivity index (χ4v) is 2.15. The Kier molecular flexibility index (Phi) is 3.55. The Balaban J connectivity index is 2.01. The van der Waals surface area contributed by atoms with Crippen molar-refractivity contribution in [2.45, 2.75) is 18.7 Å². The van der Waals surface area contributed by atoms with Crippen LogP contribution in [0.3, 0.4) is 0 Å². The normalized spacial score (nSPS) is 19.5. The van der Waals surface area contributed by atoms with Crippen molar-refractivity contribution in [3.05, 3.63) is 29.8 Å². The van der Waals surface area contributed by atoms with Crippen LogP contribution in [-0.2, 0) is 0 Å². The smallest absolute Gasteiger partial charge is 0.465 e. The lowest BCUT2D eigenvalue weighted by Crippen LogP contribution is -2.26. The van der Waals surface area contributed by atoms with Crippen LogP contribution in [0, 0.1) is 0 Å². The van der Waals surface area contributed by atoms with E-state index >= 15 is 0 Å². The molecule has 104 valence electrons. The number of carbonyl (C=O) groups is 1. The summed E-state index contributed by atoms with van der Waals surface area (Å²) in [7, 11) is 0. The molecule has 0 bridgehead atoms. The third-order valence-corrected chi connectivity index (χ3v) is 3.04. The van der Waals surface area contributed by atoms with Gasteiger partial charge in [0.05, 0.1) is 0 Å². The second kappa shape index (κ2) is 4.99. The zero-order chi connectivity index (χ0) is 14.0. The maximum atomic E-state index is 12.0. The van der Waals surface area contributed by atoms with Crippen molar-refractivity contribution < 1.29 is 27.8 Å². The van der Waals surface area contributed by atoms with Crippen molar-refractivity contribution in [2.24, 2.45) is 0 Å². The Bertz CT molecular complexity index is 458. The standard InChI is InChI=1S/C12H12F3NO3/c13-12(14,15)19-10-3-1-8(2-4-10)9-5-6-16(7-9)11(17)18/h1-4,9H,5-7H2,(H,17,18). The van der Waals surface area contributed by atoms with Gasteiger partial charge in [0, 0.05) is 19.0 Å². The summed E-state index contributed by atoms with van der Waals surface area (Å²) in [5.74, 6) is -0.250. The lowest BCUT2D eigenvalue weighted by atomic mass is 9.98. The summed E-state index contributed by atoms with van der Waals surface area (Å²) in [6.45, 7) is 0.815. The molecule has 1 amide bonds. The Hall–Kier alpha value is -1.92. The van der Waals surface area contributed by atoms with Crippen LogP contribution >= 0.6 is 0 Å². The van der Waals surface area contributed by atoms with E-state index in [1.54, 1.807) is 0 Å². The van der Waals surface area contributed by atoms with E-state index in [1.807, 2.05) is 0 Å². The van der Waals surface area contributed by atoms with Gasteiger partial charge < -0.3 is 14.7 Å². The summed E-state index contributed by atoms with van der Waals surface area (Å²) in [6.07, 6.45) is -5.00. The first-order chi connectivity index (χ1) is 8.85. The van der Waals surface area contributed by atoms with E-state index in [9.17, 15) is 18.0 Å². The van der Waals surface area contributed by atoms with Crippen LogP contribution in [0.15, 0.2) is 24.3 Å². The number of hydrogen-bond acceptors (Lipinski definition) is 2. The molecule has 1 saturated heterocycles. The van der Waals surface area contributed by atoms with Crippen LogP contribution < -0.4 is 4.74 Å². The zero-order valence-electron chi connectivity index (χ0n) is 9.85. The highest BCUT2D eigenvalue weighted by Crippen LogP contribution is 2.29. The zero-order valence-corrected chi connectivity index (χ0v) is 9.85. The SMILES string of the molecule is O=C(O)N1CCC(c2ccc(OC(F)(F)F)cc2)C1. The van der Waals surface area contributed by atoms with Gasteiger partial charge in [-0.05, 0) is 24.1 Å². The first-order valence-electron chi connectivity index (χ1n) is 5.69. The second-order valence-electron chi connectivity index (χ2n) is 4.33. The maximum Gasteiger partial charge on any atom is 0.573 e. The molecule has 1 aromatic rings. The molecule has 7 heteroatoms. The Labute approximate surface area is 107 Å². The molecular weight excluding hydrogens is 263 g/mol. The van der Waals surface area contributed by atoms with Gasteiger partial charge in [0.25, 0.3) is 0 Å². The lowest BCUT2D eigenvalue weighted by molar-refractivity contribution is -0.274. The Morgan fingerprint density at radius 2 is 1.95 bits per heavy atom. The molecule has 0 spiro atoms. The number of ether oxygens (including phenoxy) is 1. The summed E-state index contributed by atoms with van der Waals surface area (Å²) in [6, 6.07) is 5.56. The molecule has 0 saturated carbocycles.